The zero-order valence-electron chi connectivity index (χ0n) is 15.2. The minimum Gasteiger partial charge on any atom is -0.497 e. The highest BCUT2D eigenvalue weighted by atomic mass is 32.1. The number of hydrogen-bond donors (Lipinski definition) is 1. The number of aryl methyl sites for hydroxylation is 1. The Morgan fingerprint density at radius 1 is 1.15 bits per heavy atom. The Bertz CT molecular complexity index is 904. The highest BCUT2D eigenvalue weighted by Gasteiger charge is 2.38. The van der Waals surface area contributed by atoms with E-state index in [-0.39, 0.29) is 11.5 Å². The molecule has 3 rings (SSSR count). The lowest BCUT2D eigenvalue weighted by atomic mass is 9.99. The molecule has 142 valence electrons. The average Bonchev–Trinajstić information content (AvgIpc) is 3.25. The van der Waals surface area contributed by atoms with Crippen molar-refractivity contribution in [2.45, 2.75) is 18.8 Å². The van der Waals surface area contributed by atoms with Gasteiger partial charge in [-0.2, -0.15) is 0 Å². The standard InChI is InChI=1S/C19H19NO6S/c1-24-11-6-4-5-10(9-11)16(21)20-17-15(19(23)26-3)14-12(18(22)25-2)7-8-13(14)27-17/h4-6,9,12H,7-8H2,1-3H3,(H,20,21). The SMILES string of the molecule is COC(=O)c1c(NC(=O)c2cccc(OC)c2)sc2c1C(C(=O)OC)CC2. The minimum atomic E-state index is -0.593. The Hall–Kier alpha value is -2.87. The van der Waals surface area contributed by atoms with E-state index in [0.29, 0.717) is 34.7 Å². The van der Waals surface area contributed by atoms with Crippen molar-refractivity contribution in [3.8, 4) is 5.75 Å². The van der Waals surface area contributed by atoms with Crippen molar-refractivity contribution in [3.05, 3.63) is 45.8 Å². The number of hydrogen-bond acceptors (Lipinski definition) is 7. The molecule has 27 heavy (non-hydrogen) atoms. The van der Waals surface area contributed by atoms with Crippen molar-refractivity contribution in [1.29, 1.82) is 0 Å². The van der Waals surface area contributed by atoms with E-state index in [1.807, 2.05) is 0 Å². The largest absolute Gasteiger partial charge is 0.497 e. The van der Waals surface area contributed by atoms with Gasteiger partial charge in [-0.1, -0.05) is 6.07 Å². The Balaban J connectivity index is 1.97. The second kappa shape index (κ2) is 7.79. The third-order valence-corrected chi connectivity index (χ3v) is 5.65. The fraction of sp³-hybridized carbons (Fsp3) is 0.316. The fourth-order valence-corrected chi connectivity index (χ4v) is 4.43. The molecule has 1 aromatic carbocycles. The third-order valence-electron chi connectivity index (χ3n) is 4.46. The van der Waals surface area contributed by atoms with Crippen molar-refractivity contribution in [2.75, 3.05) is 26.6 Å². The zero-order chi connectivity index (χ0) is 19.6. The van der Waals surface area contributed by atoms with Gasteiger partial charge in [0.1, 0.15) is 10.8 Å². The number of carbonyl (C=O) groups excluding carboxylic acids is 3. The van der Waals surface area contributed by atoms with Gasteiger partial charge in [0.25, 0.3) is 5.91 Å². The number of amides is 1. The van der Waals surface area contributed by atoms with Crippen LogP contribution in [0.15, 0.2) is 24.3 Å². The lowest BCUT2D eigenvalue weighted by molar-refractivity contribution is -0.142. The highest BCUT2D eigenvalue weighted by Crippen LogP contribution is 2.46. The van der Waals surface area contributed by atoms with Gasteiger partial charge in [-0.25, -0.2) is 4.79 Å². The van der Waals surface area contributed by atoms with Crippen LogP contribution in [0.4, 0.5) is 5.00 Å². The molecule has 1 N–H and O–H groups in total. The molecule has 7 nitrogen and oxygen atoms in total. The summed E-state index contributed by atoms with van der Waals surface area (Å²) >= 11 is 1.29. The van der Waals surface area contributed by atoms with Gasteiger partial charge < -0.3 is 19.5 Å². The molecule has 1 atom stereocenters. The molecule has 8 heteroatoms. The monoisotopic (exact) mass is 389 g/mol. The minimum absolute atomic E-state index is 0.224. The predicted molar refractivity (Wildman–Crippen MR) is 99.7 cm³/mol. The lowest BCUT2D eigenvalue weighted by Gasteiger charge is -2.12. The van der Waals surface area contributed by atoms with Crippen LogP contribution in [0, 0.1) is 0 Å². The summed E-state index contributed by atoms with van der Waals surface area (Å²) in [7, 11) is 4.10. The Kier molecular flexibility index (Phi) is 5.46. The van der Waals surface area contributed by atoms with Crippen molar-refractivity contribution in [1.82, 2.24) is 0 Å². The molecule has 1 heterocycles. The van der Waals surface area contributed by atoms with Crippen LogP contribution in [0.25, 0.3) is 0 Å². The lowest BCUT2D eigenvalue weighted by Crippen LogP contribution is -2.17. The second-order valence-electron chi connectivity index (χ2n) is 5.94. The zero-order valence-corrected chi connectivity index (χ0v) is 16.0. The highest BCUT2D eigenvalue weighted by molar-refractivity contribution is 7.17. The van der Waals surface area contributed by atoms with Crippen molar-refractivity contribution in [3.63, 3.8) is 0 Å². The van der Waals surface area contributed by atoms with Gasteiger partial charge >= 0.3 is 11.9 Å². The van der Waals surface area contributed by atoms with Crippen LogP contribution in [-0.4, -0.2) is 39.2 Å². The van der Waals surface area contributed by atoms with Gasteiger partial charge in [0, 0.05) is 10.4 Å². The predicted octanol–water partition coefficient (Wildman–Crippen LogP) is 3.00. The molecule has 0 bridgehead atoms. The van der Waals surface area contributed by atoms with E-state index < -0.39 is 17.9 Å². The van der Waals surface area contributed by atoms with Crippen LogP contribution in [-0.2, 0) is 20.7 Å². The van der Waals surface area contributed by atoms with Crippen LogP contribution in [0.3, 0.4) is 0 Å². The van der Waals surface area contributed by atoms with E-state index in [1.54, 1.807) is 24.3 Å². The van der Waals surface area contributed by atoms with E-state index in [0.717, 1.165) is 4.88 Å². The molecule has 0 saturated heterocycles. The topological polar surface area (TPSA) is 90.9 Å². The number of carbonyl (C=O) groups is 3. The summed E-state index contributed by atoms with van der Waals surface area (Å²) in [5, 5.41) is 3.14. The first kappa shape index (κ1) is 18.9. The number of rotatable bonds is 5. The van der Waals surface area contributed by atoms with Crippen LogP contribution in [0.5, 0.6) is 5.75 Å². The van der Waals surface area contributed by atoms with Crippen molar-refractivity contribution in [2.24, 2.45) is 0 Å². The second-order valence-corrected chi connectivity index (χ2v) is 7.04. The maximum Gasteiger partial charge on any atom is 0.341 e. The number of thiophene rings is 1. The summed E-state index contributed by atoms with van der Waals surface area (Å²) in [4.78, 5) is 38.0. The summed E-state index contributed by atoms with van der Waals surface area (Å²) in [5.74, 6) is -1.35. The first-order valence-electron chi connectivity index (χ1n) is 8.27. The van der Waals surface area contributed by atoms with E-state index in [9.17, 15) is 14.4 Å². The first-order chi connectivity index (χ1) is 13.0. The molecule has 1 aliphatic carbocycles. The molecular formula is C19H19NO6S. The molecule has 0 spiro atoms. The third kappa shape index (κ3) is 3.52. The van der Waals surface area contributed by atoms with Crippen molar-refractivity contribution >= 4 is 34.2 Å². The van der Waals surface area contributed by atoms with Gasteiger partial charge in [-0.3, -0.25) is 9.59 Å². The molecule has 2 aromatic rings. The molecule has 0 radical (unpaired) electrons. The summed E-state index contributed by atoms with van der Waals surface area (Å²) in [5.41, 5.74) is 1.21. The fourth-order valence-electron chi connectivity index (χ4n) is 3.18. The summed E-state index contributed by atoms with van der Waals surface area (Å²) in [6.07, 6.45) is 1.21. The summed E-state index contributed by atoms with van der Waals surface area (Å²) in [6, 6.07) is 6.69. The summed E-state index contributed by atoms with van der Waals surface area (Å²) < 4.78 is 14.9. The molecule has 1 aromatic heterocycles. The van der Waals surface area contributed by atoms with Crippen LogP contribution in [0.1, 0.15) is 43.5 Å². The first-order valence-corrected chi connectivity index (χ1v) is 9.08. The number of esters is 2. The van der Waals surface area contributed by atoms with Gasteiger partial charge in [0.15, 0.2) is 0 Å². The van der Waals surface area contributed by atoms with E-state index in [1.165, 1.54) is 32.7 Å². The number of nitrogens with one attached hydrogen (secondary N) is 1. The molecule has 1 aliphatic rings. The Morgan fingerprint density at radius 2 is 1.93 bits per heavy atom. The smallest absolute Gasteiger partial charge is 0.341 e. The maximum atomic E-state index is 12.6. The summed E-state index contributed by atoms with van der Waals surface area (Å²) in [6.45, 7) is 0. The normalized spacial score (nSPS) is 15.0. The Labute approximate surface area is 160 Å². The number of benzene rings is 1. The maximum absolute atomic E-state index is 12.6. The van der Waals surface area contributed by atoms with Crippen LogP contribution >= 0.6 is 11.3 Å². The van der Waals surface area contributed by atoms with E-state index in [2.05, 4.69) is 5.32 Å². The molecule has 0 aliphatic heterocycles. The Morgan fingerprint density at radius 3 is 2.59 bits per heavy atom. The molecular weight excluding hydrogens is 370 g/mol. The van der Waals surface area contributed by atoms with E-state index >= 15 is 0 Å². The van der Waals surface area contributed by atoms with Crippen LogP contribution < -0.4 is 10.1 Å². The quantitative estimate of drug-likeness (QED) is 0.791. The van der Waals surface area contributed by atoms with Gasteiger partial charge in [-0.15, -0.1) is 11.3 Å². The van der Waals surface area contributed by atoms with Gasteiger partial charge in [0.2, 0.25) is 0 Å². The van der Waals surface area contributed by atoms with E-state index in [4.69, 9.17) is 14.2 Å². The van der Waals surface area contributed by atoms with Crippen molar-refractivity contribution < 1.29 is 28.6 Å². The average molecular weight is 389 g/mol. The number of fused-ring (bicyclic) bond motifs is 1. The molecule has 0 fully saturated rings. The van der Waals surface area contributed by atoms with Crippen LogP contribution in [0.2, 0.25) is 0 Å². The molecule has 1 amide bonds. The number of anilines is 1. The molecule has 0 saturated carbocycles. The molecule has 1 unspecified atom stereocenters. The van der Waals surface area contributed by atoms with Gasteiger partial charge in [0.05, 0.1) is 32.8 Å². The number of methoxy groups -OCH3 is 3. The van der Waals surface area contributed by atoms with Gasteiger partial charge in [-0.05, 0) is 36.6 Å². The number of ether oxygens (including phenoxy) is 3.